The van der Waals surface area contributed by atoms with Crippen LogP contribution < -0.4 is 0 Å². The fourth-order valence-corrected chi connectivity index (χ4v) is 4.37. The minimum Gasteiger partial charge on any atom is -0.393 e. The van der Waals surface area contributed by atoms with E-state index < -0.39 is 9.84 Å². The summed E-state index contributed by atoms with van der Waals surface area (Å²) >= 11 is 0. The minimum atomic E-state index is -2.98. The second kappa shape index (κ2) is 6.13. The molecular weight excluding hydrogens is 260 g/mol. The molecule has 0 amide bonds. The van der Waals surface area contributed by atoms with E-state index in [-0.39, 0.29) is 28.4 Å². The SMILES string of the molecule is CC1CCC(C(C)(C)CCS(=O)(=O)C(C)C)C(O)C1. The van der Waals surface area contributed by atoms with Crippen molar-refractivity contribution in [2.75, 3.05) is 5.75 Å². The molecule has 0 radical (unpaired) electrons. The van der Waals surface area contributed by atoms with E-state index in [0.717, 1.165) is 19.3 Å². The summed E-state index contributed by atoms with van der Waals surface area (Å²) in [5.74, 6) is 1.05. The topological polar surface area (TPSA) is 54.4 Å². The van der Waals surface area contributed by atoms with Crippen LogP contribution in [-0.4, -0.2) is 30.6 Å². The fourth-order valence-electron chi connectivity index (χ4n) is 3.09. The van der Waals surface area contributed by atoms with Crippen LogP contribution in [0.25, 0.3) is 0 Å². The Balaban J connectivity index is 2.66. The van der Waals surface area contributed by atoms with Gasteiger partial charge in [0.1, 0.15) is 0 Å². The normalized spacial score (nSPS) is 29.7. The highest BCUT2D eigenvalue weighted by atomic mass is 32.2. The van der Waals surface area contributed by atoms with Crippen molar-refractivity contribution in [3.63, 3.8) is 0 Å². The van der Waals surface area contributed by atoms with Crippen molar-refractivity contribution in [2.45, 2.75) is 71.7 Å². The number of aliphatic hydroxyl groups is 1. The predicted octanol–water partition coefficient (Wildman–Crippen LogP) is 3.02. The van der Waals surface area contributed by atoms with Gasteiger partial charge in [-0.3, -0.25) is 0 Å². The largest absolute Gasteiger partial charge is 0.393 e. The lowest BCUT2D eigenvalue weighted by atomic mass is 9.66. The third kappa shape index (κ3) is 4.45. The first kappa shape index (κ1) is 17.0. The molecular formula is C15H30O3S. The zero-order chi connectivity index (χ0) is 14.8. The molecule has 1 fully saturated rings. The molecule has 0 spiro atoms. The Morgan fingerprint density at radius 2 is 1.84 bits per heavy atom. The van der Waals surface area contributed by atoms with E-state index >= 15 is 0 Å². The summed E-state index contributed by atoms with van der Waals surface area (Å²) in [4.78, 5) is 0. The third-order valence-corrected chi connectivity index (χ3v) is 7.04. The summed E-state index contributed by atoms with van der Waals surface area (Å²) in [5, 5.41) is 9.96. The van der Waals surface area contributed by atoms with Crippen LogP contribution in [0.2, 0.25) is 0 Å². The monoisotopic (exact) mass is 290 g/mol. The van der Waals surface area contributed by atoms with E-state index in [9.17, 15) is 13.5 Å². The molecule has 0 saturated heterocycles. The first-order chi connectivity index (χ1) is 8.56. The lowest BCUT2D eigenvalue weighted by molar-refractivity contribution is -0.0138. The summed E-state index contributed by atoms with van der Waals surface area (Å²) in [5.41, 5.74) is -0.110. The van der Waals surface area contributed by atoms with Gasteiger partial charge in [-0.05, 0) is 50.4 Å². The highest BCUT2D eigenvalue weighted by Crippen LogP contribution is 2.42. The van der Waals surface area contributed by atoms with Crippen LogP contribution in [-0.2, 0) is 9.84 Å². The van der Waals surface area contributed by atoms with Gasteiger partial charge in [0.25, 0.3) is 0 Å². The first-order valence-corrected chi connectivity index (χ1v) is 9.17. The minimum absolute atomic E-state index is 0.110. The van der Waals surface area contributed by atoms with Crippen LogP contribution in [0.5, 0.6) is 0 Å². The van der Waals surface area contributed by atoms with Gasteiger partial charge in [-0.15, -0.1) is 0 Å². The maximum Gasteiger partial charge on any atom is 0.152 e. The molecule has 0 aromatic carbocycles. The quantitative estimate of drug-likeness (QED) is 0.847. The molecule has 1 N–H and O–H groups in total. The smallest absolute Gasteiger partial charge is 0.152 e. The van der Waals surface area contributed by atoms with Gasteiger partial charge in [0.2, 0.25) is 0 Å². The number of hydrogen-bond acceptors (Lipinski definition) is 3. The first-order valence-electron chi connectivity index (χ1n) is 7.46. The lowest BCUT2D eigenvalue weighted by Crippen LogP contribution is -2.39. The van der Waals surface area contributed by atoms with Crippen molar-refractivity contribution in [1.29, 1.82) is 0 Å². The molecule has 1 aliphatic carbocycles. The Labute approximate surface area is 118 Å². The van der Waals surface area contributed by atoms with Crippen LogP contribution in [0.15, 0.2) is 0 Å². The number of aliphatic hydroxyl groups excluding tert-OH is 1. The van der Waals surface area contributed by atoms with Crippen LogP contribution in [0.4, 0.5) is 0 Å². The third-order valence-electron chi connectivity index (χ3n) is 4.83. The van der Waals surface area contributed by atoms with E-state index in [0.29, 0.717) is 12.3 Å². The van der Waals surface area contributed by atoms with E-state index in [1.165, 1.54) is 0 Å². The standard InChI is InChI=1S/C15H30O3S/c1-11(2)19(17,18)9-8-15(4,5)13-7-6-12(3)10-14(13)16/h11-14,16H,6-10H2,1-5H3. The van der Waals surface area contributed by atoms with Crippen molar-refractivity contribution in [1.82, 2.24) is 0 Å². The average Bonchev–Trinajstić information content (AvgIpc) is 2.26. The molecule has 0 aromatic rings. The summed E-state index contributed by atoms with van der Waals surface area (Å²) < 4.78 is 23.9. The summed E-state index contributed by atoms with van der Waals surface area (Å²) in [6, 6.07) is 0. The molecule has 3 unspecified atom stereocenters. The molecule has 0 bridgehead atoms. The summed E-state index contributed by atoms with van der Waals surface area (Å²) in [6.45, 7) is 9.86. The van der Waals surface area contributed by atoms with Crippen LogP contribution in [0.3, 0.4) is 0 Å². The Morgan fingerprint density at radius 3 is 2.32 bits per heavy atom. The second-order valence-electron chi connectivity index (χ2n) is 7.25. The van der Waals surface area contributed by atoms with Crippen molar-refractivity contribution >= 4 is 9.84 Å². The molecule has 0 aliphatic heterocycles. The van der Waals surface area contributed by atoms with E-state index in [1.807, 2.05) is 0 Å². The average molecular weight is 290 g/mol. The second-order valence-corrected chi connectivity index (χ2v) is 9.92. The van der Waals surface area contributed by atoms with Crippen LogP contribution in [0.1, 0.15) is 60.3 Å². The Morgan fingerprint density at radius 1 is 1.26 bits per heavy atom. The Bertz CT molecular complexity index is 384. The lowest BCUT2D eigenvalue weighted by Gasteiger charge is -2.42. The van der Waals surface area contributed by atoms with Gasteiger partial charge in [0, 0.05) is 0 Å². The molecule has 1 aliphatic rings. The van der Waals surface area contributed by atoms with Crippen molar-refractivity contribution < 1.29 is 13.5 Å². The van der Waals surface area contributed by atoms with Gasteiger partial charge >= 0.3 is 0 Å². The van der Waals surface area contributed by atoms with Gasteiger partial charge in [-0.2, -0.15) is 0 Å². The van der Waals surface area contributed by atoms with Gasteiger partial charge in [0.15, 0.2) is 9.84 Å². The molecule has 4 heteroatoms. The number of sulfone groups is 1. The van der Waals surface area contributed by atoms with Crippen LogP contribution >= 0.6 is 0 Å². The molecule has 3 nitrogen and oxygen atoms in total. The van der Waals surface area contributed by atoms with Gasteiger partial charge in [0.05, 0.1) is 17.1 Å². The van der Waals surface area contributed by atoms with E-state index in [2.05, 4.69) is 20.8 Å². The predicted molar refractivity (Wildman–Crippen MR) is 79.8 cm³/mol. The summed E-state index contributed by atoms with van der Waals surface area (Å²) in [6.07, 6.45) is 3.37. The molecule has 1 rings (SSSR count). The molecule has 0 heterocycles. The van der Waals surface area contributed by atoms with E-state index in [1.54, 1.807) is 13.8 Å². The number of hydrogen-bond donors (Lipinski definition) is 1. The summed E-state index contributed by atoms with van der Waals surface area (Å²) in [7, 11) is -2.98. The zero-order valence-corrected chi connectivity index (χ0v) is 13.8. The Hall–Kier alpha value is -0.0900. The maximum absolute atomic E-state index is 11.9. The van der Waals surface area contributed by atoms with Gasteiger partial charge in [-0.25, -0.2) is 8.42 Å². The maximum atomic E-state index is 11.9. The van der Waals surface area contributed by atoms with Crippen molar-refractivity contribution in [3.8, 4) is 0 Å². The molecule has 0 aromatic heterocycles. The molecule has 3 atom stereocenters. The fraction of sp³-hybridized carbons (Fsp3) is 1.00. The van der Waals surface area contributed by atoms with Crippen LogP contribution in [0, 0.1) is 17.3 Å². The van der Waals surface area contributed by atoms with Gasteiger partial charge < -0.3 is 5.11 Å². The highest BCUT2D eigenvalue weighted by molar-refractivity contribution is 7.91. The van der Waals surface area contributed by atoms with E-state index in [4.69, 9.17) is 0 Å². The molecule has 114 valence electrons. The molecule has 1 saturated carbocycles. The van der Waals surface area contributed by atoms with Crippen molar-refractivity contribution in [2.24, 2.45) is 17.3 Å². The Kier molecular flexibility index (Phi) is 5.47. The highest BCUT2D eigenvalue weighted by Gasteiger charge is 2.38. The van der Waals surface area contributed by atoms with Gasteiger partial charge in [-0.1, -0.05) is 27.2 Å². The number of rotatable bonds is 5. The van der Waals surface area contributed by atoms with Crippen molar-refractivity contribution in [3.05, 3.63) is 0 Å². The zero-order valence-electron chi connectivity index (χ0n) is 13.0. The molecule has 19 heavy (non-hydrogen) atoms.